The van der Waals surface area contributed by atoms with Crippen LogP contribution in [0.5, 0.6) is 0 Å². The summed E-state index contributed by atoms with van der Waals surface area (Å²) < 4.78 is 4.92. The molecule has 1 aromatic carbocycles. The van der Waals surface area contributed by atoms with Crippen LogP contribution in [0.15, 0.2) is 30.6 Å². The third-order valence-electron chi connectivity index (χ3n) is 3.02. The van der Waals surface area contributed by atoms with Crippen LogP contribution in [0.3, 0.4) is 0 Å². The molecule has 1 amide bonds. The fourth-order valence-corrected chi connectivity index (χ4v) is 1.91. The van der Waals surface area contributed by atoms with Crippen LogP contribution in [0.4, 0.5) is 11.6 Å². The summed E-state index contributed by atoms with van der Waals surface area (Å²) in [4.78, 5) is 20.4. The Kier molecular flexibility index (Phi) is 5.68. The van der Waals surface area contributed by atoms with Crippen LogP contribution in [-0.4, -0.2) is 36.1 Å². The van der Waals surface area contributed by atoms with Crippen LogP contribution in [0, 0.1) is 6.92 Å². The van der Waals surface area contributed by atoms with Gasteiger partial charge in [0.05, 0.1) is 12.2 Å². The zero-order chi connectivity index (χ0) is 15.9. The molecule has 0 bridgehead atoms. The standard InChI is InChI=1S/C15H17ClN4O2/c1-10-12(16)4-3-5-13(10)20-14(21)11-8-18-15(19-9-11)17-6-7-22-2/h3-5,8-9H,6-7H2,1-2H3,(H,20,21)(H,17,18,19). The number of halogens is 1. The first kappa shape index (κ1) is 16.2. The van der Waals surface area contributed by atoms with Crippen LogP contribution < -0.4 is 10.6 Å². The van der Waals surface area contributed by atoms with Crippen molar-refractivity contribution in [1.82, 2.24) is 9.97 Å². The number of amides is 1. The van der Waals surface area contributed by atoms with E-state index < -0.39 is 0 Å². The average Bonchev–Trinajstić information content (AvgIpc) is 2.53. The van der Waals surface area contributed by atoms with E-state index in [2.05, 4.69) is 20.6 Å². The molecule has 7 heteroatoms. The van der Waals surface area contributed by atoms with Crippen molar-refractivity contribution in [1.29, 1.82) is 0 Å². The lowest BCUT2D eigenvalue weighted by Crippen LogP contribution is -2.15. The van der Waals surface area contributed by atoms with Gasteiger partial charge >= 0.3 is 0 Å². The van der Waals surface area contributed by atoms with Crippen molar-refractivity contribution in [3.8, 4) is 0 Å². The van der Waals surface area contributed by atoms with E-state index in [1.165, 1.54) is 12.4 Å². The SMILES string of the molecule is COCCNc1ncc(C(=O)Nc2cccc(Cl)c2C)cn1. The highest BCUT2D eigenvalue weighted by Crippen LogP contribution is 2.23. The molecule has 0 aliphatic heterocycles. The van der Waals surface area contributed by atoms with Crippen molar-refractivity contribution in [3.05, 3.63) is 46.7 Å². The Bertz CT molecular complexity index is 646. The molecule has 116 valence electrons. The van der Waals surface area contributed by atoms with Crippen molar-refractivity contribution < 1.29 is 9.53 Å². The van der Waals surface area contributed by atoms with Gasteiger partial charge in [0.15, 0.2) is 0 Å². The summed E-state index contributed by atoms with van der Waals surface area (Å²) in [6.45, 7) is 3.00. The first-order chi connectivity index (χ1) is 10.6. The average molecular weight is 321 g/mol. The Morgan fingerprint density at radius 3 is 2.73 bits per heavy atom. The summed E-state index contributed by atoms with van der Waals surface area (Å²) in [7, 11) is 1.62. The largest absolute Gasteiger partial charge is 0.383 e. The number of ether oxygens (including phenoxy) is 1. The van der Waals surface area contributed by atoms with Gasteiger partial charge in [-0.1, -0.05) is 17.7 Å². The molecule has 0 radical (unpaired) electrons. The number of anilines is 2. The van der Waals surface area contributed by atoms with Gasteiger partial charge < -0.3 is 15.4 Å². The topological polar surface area (TPSA) is 76.1 Å². The zero-order valence-corrected chi connectivity index (χ0v) is 13.1. The third kappa shape index (κ3) is 4.16. The van der Waals surface area contributed by atoms with Gasteiger partial charge in [0.1, 0.15) is 0 Å². The molecule has 0 saturated carbocycles. The minimum absolute atomic E-state index is 0.284. The molecule has 2 aromatic rings. The number of hydrogen-bond donors (Lipinski definition) is 2. The van der Waals surface area contributed by atoms with Gasteiger partial charge in [-0.05, 0) is 24.6 Å². The Hall–Kier alpha value is -2.18. The Morgan fingerprint density at radius 1 is 1.32 bits per heavy atom. The number of nitrogens with zero attached hydrogens (tertiary/aromatic N) is 2. The molecule has 0 aliphatic rings. The molecule has 6 nitrogen and oxygen atoms in total. The highest BCUT2D eigenvalue weighted by molar-refractivity contribution is 6.31. The highest BCUT2D eigenvalue weighted by Gasteiger charge is 2.10. The molecule has 0 spiro atoms. The van der Waals surface area contributed by atoms with Crippen molar-refractivity contribution in [2.75, 3.05) is 30.9 Å². The fraction of sp³-hybridized carbons (Fsp3) is 0.267. The quantitative estimate of drug-likeness (QED) is 0.800. The van der Waals surface area contributed by atoms with Crippen molar-refractivity contribution in [3.63, 3.8) is 0 Å². The lowest BCUT2D eigenvalue weighted by Gasteiger charge is -2.09. The van der Waals surface area contributed by atoms with E-state index in [1.54, 1.807) is 25.3 Å². The van der Waals surface area contributed by atoms with Crippen LogP contribution in [0.2, 0.25) is 5.02 Å². The van der Waals surface area contributed by atoms with Crippen molar-refractivity contribution in [2.24, 2.45) is 0 Å². The second kappa shape index (κ2) is 7.72. The highest BCUT2D eigenvalue weighted by atomic mass is 35.5. The smallest absolute Gasteiger partial charge is 0.258 e. The van der Waals surface area contributed by atoms with Gasteiger partial charge in [-0.25, -0.2) is 9.97 Å². The van der Waals surface area contributed by atoms with Crippen molar-refractivity contribution >= 4 is 29.1 Å². The third-order valence-corrected chi connectivity index (χ3v) is 3.43. The monoisotopic (exact) mass is 320 g/mol. The van der Waals surface area contributed by atoms with Gasteiger partial charge in [0.25, 0.3) is 5.91 Å². The second-order valence-electron chi connectivity index (χ2n) is 4.58. The molecule has 0 aliphatic carbocycles. The van der Waals surface area contributed by atoms with Gasteiger partial charge in [-0.3, -0.25) is 4.79 Å². The number of carbonyl (C=O) groups excluding carboxylic acids is 1. The summed E-state index contributed by atoms with van der Waals surface area (Å²) in [5.41, 5.74) is 1.85. The van der Waals surface area contributed by atoms with E-state index >= 15 is 0 Å². The summed E-state index contributed by atoms with van der Waals surface area (Å²) in [6.07, 6.45) is 2.94. The van der Waals surface area contributed by atoms with Crippen LogP contribution in [-0.2, 0) is 4.74 Å². The molecule has 1 aromatic heterocycles. The molecular formula is C15H17ClN4O2. The van der Waals surface area contributed by atoms with E-state index in [9.17, 15) is 4.79 Å². The minimum Gasteiger partial charge on any atom is -0.383 e. The normalized spacial score (nSPS) is 10.3. The van der Waals surface area contributed by atoms with Crippen LogP contribution >= 0.6 is 11.6 Å². The molecule has 2 N–H and O–H groups in total. The lowest BCUT2D eigenvalue weighted by molar-refractivity contribution is 0.102. The number of aromatic nitrogens is 2. The number of methoxy groups -OCH3 is 1. The molecule has 0 atom stereocenters. The van der Waals surface area contributed by atoms with E-state index in [0.29, 0.717) is 35.4 Å². The maximum Gasteiger partial charge on any atom is 0.258 e. The first-order valence-electron chi connectivity index (χ1n) is 6.73. The number of hydrogen-bond acceptors (Lipinski definition) is 5. The predicted molar refractivity (Wildman–Crippen MR) is 86.5 cm³/mol. The number of nitrogens with one attached hydrogen (secondary N) is 2. The maximum atomic E-state index is 12.2. The predicted octanol–water partition coefficient (Wildman–Crippen LogP) is 2.75. The summed E-state index contributed by atoms with van der Waals surface area (Å²) >= 11 is 6.03. The maximum absolute atomic E-state index is 12.2. The molecule has 2 rings (SSSR count). The molecular weight excluding hydrogens is 304 g/mol. The lowest BCUT2D eigenvalue weighted by atomic mass is 10.2. The van der Waals surface area contributed by atoms with E-state index in [4.69, 9.17) is 16.3 Å². The summed E-state index contributed by atoms with van der Waals surface area (Å²) in [6, 6.07) is 5.35. The number of benzene rings is 1. The van der Waals surface area contributed by atoms with Gasteiger partial charge in [0, 0.05) is 36.8 Å². The van der Waals surface area contributed by atoms with Crippen LogP contribution in [0.1, 0.15) is 15.9 Å². The van der Waals surface area contributed by atoms with Gasteiger partial charge in [-0.15, -0.1) is 0 Å². The molecule has 1 heterocycles. The van der Waals surface area contributed by atoms with E-state index in [1.807, 2.05) is 6.92 Å². The molecule has 0 unspecified atom stereocenters. The van der Waals surface area contributed by atoms with Gasteiger partial charge in [0.2, 0.25) is 5.95 Å². The second-order valence-corrected chi connectivity index (χ2v) is 4.99. The van der Waals surface area contributed by atoms with E-state index in [0.717, 1.165) is 5.56 Å². The van der Waals surface area contributed by atoms with Crippen LogP contribution in [0.25, 0.3) is 0 Å². The Morgan fingerprint density at radius 2 is 2.05 bits per heavy atom. The fourth-order valence-electron chi connectivity index (χ4n) is 1.74. The summed E-state index contributed by atoms with van der Waals surface area (Å²) in [5.74, 6) is 0.168. The number of carbonyl (C=O) groups is 1. The van der Waals surface area contributed by atoms with Crippen molar-refractivity contribution in [2.45, 2.75) is 6.92 Å². The zero-order valence-electron chi connectivity index (χ0n) is 12.4. The van der Waals surface area contributed by atoms with Gasteiger partial charge in [-0.2, -0.15) is 0 Å². The molecule has 0 saturated heterocycles. The first-order valence-corrected chi connectivity index (χ1v) is 7.11. The molecule has 0 fully saturated rings. The molecule has 22 heavy (non-hydrogen) atoms. The number of rotatable bonds is 6. The Balaban J connectivity index is 2.02. The van der Waals surface area contributed by atoms with E-state index in [-0.39, 0.29) is 5.91 Å². The summed E-state index contributed by atoms with van der Waals surface area (Å²) in [5, 5.41) is 6.38. The minimum atomic E-state index is -0.284. The Labute approximate surface area is 133 Å².